The van der Waals surface area contributed by atoms with Crippen molar-refractivity contribution >= 4 is 0 Å². The molecule has 0 heterocycles. The van der Waals surface area contributed by atoms with Crippen LogP contribution in [0.15, 0.2) is 18.2 Å². The molecule has 0 aliphatic heterocycles. The van der Waals surface area contributed by atoms with Crippen molar-refractivity contribution in [3.05, 3.63) is 29.6 Å². The molecule has 28 heavy (non-hydrogen) atoms. The molecule has 1 nitrogen and oxygen atoms in total. The number of halogens is 3. The van der Waals surface area contributed by atoms with Gasteiger partial charge in [-0.25, -0.2) is 13.2 Å². The molecule has 0 atom stereocenters. The van der Waals surface area contributed by atoms with Crippen molar-refractivity contribution in [2.24, 2.45) is 23.7 Å². The number of alkyl halides is 2. The highest BCUT2D eigenvalue weighted by Crippen LogP contribution is 2.42. The van der Waals surface area contributed by atoms with Gasteiger partial charge in [-0.05, 0) is 61.8 Å². The summed E-state index contributed by atoms with van der Waals surface area (Å²) in [4.78, 5) is 0. The Labute approximate surface area is 168 Å². The Kier molecular flexibility index (Phi) is 8.11. The number of hydrogen-bond acceptors (Lipinski definition) is 1. The van der Waals surface area contributed by atoms with Crippen molar-refractivity contribution in [3.63, 3.8) is 0 Å². The summed E-state index contributed by atoms with van der Waals surface area (Å²) >= 11 is 0. The van der Waals surface area contributed by atoms with E-state index in [-0.39, 0.29) is 5.75 Å². The average Bonchev–Trinajstić information content (AvgIpc) is 2.70. The van der Waals surface area contributed by atoms with Crippen LogP contribution in [0.3, 0.4) is 0 Å². The van der Waals surface area contributed by atoms with Crippen LogP contribution in [0.2, 0.25) is 0 Å². The molecule has 0 N–H and O–H groups in total. The third-order valence-corrected chi connectivity index (χ3v) is 7.16. The molecule has 2 saturated carbocycles. The maximum absolute atomic E-state index is 14.0. The van der Waals surface area contributed by atoms with E-state index in [2.05, 4.69) is 6.92 Å². The van der Waals surface area contributed by atoms with E-state index in [1.54, 1.807) is 0 Å². The van der Waals surface area contributed by atoms with Crippen LogP contribution in [0.5, 0.6) is 5.75 Å². The number of hydrogen-bond donors (Lipinski definition) is 0. The molecule has 0 unspecified atom stereocenters. The summed E-state index contributed by atoms with van der Waals surface area (Å²) in [7, 11) is 0. The lowest BCUT2D eigenvalue weighted by Gasteiger charge is -2.38. The van der Waals surface area contributed by atoms with Crippen molar-refractivity contribution in [1.82, 2.24) is 0 Å². The fourth-order valence-electron chi connectivity index (χ4n) is 5.45. The topological polar surface area (TPSA) is 9.23 Å². The van der Waals surface area contributed by atoms with E-state index < -0.39 is 17.8 Å². The average molecular weight is 397 g/mol. The molecule has 0 bridgehead atoms. The molecule has 0 saturated heterocycles. The third kappa shape index (κ3) is 5.67. The summed E-state index contributed by atoms with van der Waals surface area (Å²) in [5, 5.41) is 0. The highest BCUT2D eigenvalue weighted by Gasteiger charge is 2.30. The summed E-state index contributed by atoms with van der Waals surface area (Å²) in [6.07, 6.45) is 11.6. The number of ether oxygens (including phenoxy) is 1. The van der Waals surface area contributed by atoms with Gasteiger partial charge in [0.25, 0.3) is 6.43 Å². The lowest BCUT2D eigenvalue weighted by atomic mass is 9.68. The Morgan fingerprint density at radius 3 is 2.00 bits per heavy atom. The third-order valence-electron chi connectivity index (χ3n) is 7.16. The van der Waals surface area contributed by atoms with Gasteiger partial charge in [0.1, 0.15) is 0 Å². The van der Waals surface area contributed by atoms with E-state index in [0.29, 0.717) is 12.5 Å². The Bertz CT molecular complexity index is 588. The van der Waals surface area contributed by atoms with Gasteiger partial charge in [-0.15, -0.1) is 0 Å². The zero-order chi connectivity index (χ0) is 19.9. The lowest BCUT2D eigenvalue weighted by Crippen LogP contribution is -2.26. The van der Waals surface area contributed by atoms with Crippen molar-refractivity contribution < 1.29 is 17.9 Å². The maximum atomic E-state index is 14.0. The predicted molar refractivity (Wildman–Crippen MR) is 107 cm³/mol. The van der Waals surface area contributed by atoms with E-state index in [9.17, 15) is 13.2 Å². The highest BCUT2D eigenvalue weighted by molar-refractivity contribution is 5.31. The van der Waals surface area contributed by atoms with E-state index in [1.807, 2.05) is 0 Å². The van der Waals surface area contributed by atoms with E-state index >= 15 is 0 Å². The van der Waals surface area contributed by atoms with Gasteiger partial charge in [-0.1, -0.05) is 57.6 Å². The van der Waals surface area contributed by atoms with E-state index in [4.69, 9.17) is 4.74 Å². The van der Waals surface area contributed by atoms with Crippen molar-refractivity contribution in [2.75, 3.05) is 6.61 Å². The molecule has 1 aromatic rings. The first kappa shape index (κ1) is 21.5. The van der Waals surface area contributed by atoms with Crippen molar-refractivity contribution in [1.29, 1.82) is 0 Å². The molecular formula is C24H35F3O. The number of benzene rings is 1. The van der Waals surface area contributed by atoms with Gasteiger partial charge in [0, 0.05) is 0 Å². The van der Waals surface area contributed by atoms with Gasteiger partial charge >= 0.3 is 0 Å². The Hall–Kier alpha value is -1.19. The van der Waals surface area contributed by atoms with Gasteiger partial charge in [0.05, 0.1) is 12.2 Å². The van der Waals surface area contributed by atoms with Gasteiger partial charge in [0.2, 0.25) is 0 Å². The molecule has 3 rings (SSSR count). The minimum Gasteiger partial charge on any atom is -0.490 e. The van der Waals surface area contributed by atoms with Crippen LogP contribution in [0.1, 0.15) is 89.5 Å². The summed E-state index contributed by atoms with van der Waals surface area (Å²) < 4.78 is 45.1. The van der Waals surface area contributed by atoms with Gasteiger partial charge in [-0.2, -0.15) is 0 Å². The normalized spacial score (nSPS) is 28.5. The van der Waals surface area contributed by atoms with Crippen LogP contribution < -0.4 is 4.74 Å². The monoisotopic (exact) mass is 396 g/mol. The largest absolute Gasteiger partial charge is 0.490 e. The zero-order valence-electron chi connectivity index (χ0n) is 17.1. The molecule has 1 aromatic carbocycles. The quantitative estimate of drug-likeness (QED) is 0.433. The molecule has 0 spiro atoms. The van der Waals surface area contributed by atoms with Gasteiger partial charge in [0.15, 0.2) is 11.6 Å². The standard InChI is InChI=1S/C24H35F3O/c1-2-4-17-7-11-19(12-8-17)20-13-9-18(10-14-20)15-16-28-22-6-3-5-21(23(22)25)24(26)27/h3,5-6,17-20,24H,2,4,7-16H2,1H3. The minimum absolute atomic E-state index is 0.0460. The summed E-state index contributed by atoms with van der Waals surface area (Å²) in [6, 6.07) is 3.98. The fraction of sp³-hybridized carbons (Fsp3) is 0.750. The van der Waals surface area contributed by atoms with Gasteiger partial charge < -0.3 is 4.74 Å². The lowest BCUT2D eigenvalue weighted by molar-refractivity contribution is 0.132. The molecule has 2 fully saturated rings. The molecule has 0 amide bonds. The molecular weight excluding hydrogens is 361 g/mol. The van der Waals surface area contributed by atoms with Crippen LogP contribution in [-0.2, 0) is 0 Å². The maximum Gasteiger partial charge on any atom is 0.266 e. The second kappa shape index (κ2) is 10.5. The molecule has 2 aliphatic carbocycles. The Morgan fingerprint density at radius 1 is 0.893 bits per heavy atom. The zero-order valence-corrected chi connectivity index (χ0v) is 17.1. The first-order valence-electron chi connectivity index (χ1n) is 11.3. The van der Waals surface area contributed by atoms with Gasteiger partial charge in [-0.3, -0.25) is 0 Å². The fourth-order valence-corrected chi connectivity index (χ4v) is 5.45. The van der Waals surface area contributed by atoms with E-state index in [1.165, 1.54) is 76.3 Å². The SMILES string of the molecule is CCCC1CCC(C2CCC(CCOc3cccc(C(F)F)c3F)CC2)CC1. The van der Waals surface area contributed by atoms with E-state index in [0.717, 1.165) is 30.2 Å². The van der Waals surface area contributed by atoms with Crippen molar-refractivity contribution in [3.8, 4) is 5.75 Å². The second-order valence-electron chi connectivity index (χ2n) is 8.95. The number of rotatable bonds is 8. The molecule has 2 aliphatic rings. The molecule has 4 heteroatoms. The van der Waals surface area contributed by atoms with Crippen LogP contribution in [0.25, 0.3) is 0 Å². The first-order valence-corrected chi connectivity index (χ1v) is 11.3. The predicted octanol–water partition coefficient (Wildman–Crippen LogP) is 7.95. The summed E-state index contributed by atoms with van der Waals surface area (Å²) in [5.41, 5.74) is -0.577. The Balaban J connectivity index is 1.37. The highest BCUT2D eigenvalue weighted by atomic mass is 19.3. The Morgan fingerprint density at radius 2 is 1.46 bits per heavy atom. The summed E-state index contributed by atoms with van der Waals surface area (Å²) in [5.74, 6) is 2.44. The smallest absolute Gasteiger partial charge is 0.266 e. The molecule has 0 radical (unpaired) electrons. The van der Waals surface area contributed by atoms with Crippen molar-refractivity contribution in [2.45, 2.75) is 84.0 Å². The van der Waals surface area contributed by atoms with Crippen LogP contribution in [0.4, 0.5) is 13.2 Å². The molecule has 0 aromatic heterocycles. The van der Waals surface area contributed by atoms with Crippen LogP contribution in [0, 0.1) is 29.5 Å². The van der Waals surface area contributed by atoms with Crippen LogP contribution in [-0.4, -0.2) is 6.61 Å². The second-order valence-corrected chi connectivity index (χ2v) is 8.95. The molecule has 158 valence electrons. The first-order chi connectivity index (χ1) is 13.6. The van der Waals surface area contributed by atoms with Crippen LogP contribution >= 0.6 is 0 Å². The minimum atomic E-state index is -2.81. The summed E-state index contributed by atoms with van der Waals surface area (Å²) in [6.45, 7) is 2.70.